The van der Waals surface area contributed by atoms with Crippen molar-refractivity contribution >= 4 is 33.9 Å². The van der Waals surface area contributed by atoms with E-state index in [9.17, 15) is 5.11 Å². The topological polar surface area (TPSA) is 42.4 Å². The number of aromatic nitrogens is 1. The highest BCUT2D eigenvalue weighted by Gasteiger charge is 2.43. The molecule has 5 heteroatoms. The Kier molecular flexibility index (Phi) is 4.71. The Labute approximate surface area is 137 Å². The van der Waals surface area contributed by atoms with Gasteiger partial charge in [-0.15, -0.1) is 11.3 Å². The average molecular weight is 403 g/mol. The molecule has 0 saturated heterocycles. The van der Waals surface area contributed by atoms with Gasteiger partial charge in [0, 0.05) is 9.77 Å². The summed E-state index contributed by atoms with van der Waals surface area (Å²) in [5, 5.41) is 11.1. The third-order valence-corrected chi connectivity index (χ3v) is 4.99. The molecule has 0 aliphatic rings. The molecule has 2 rings (SSSR count). The van der Waals surface area contributed by atoms with Crippen molar-refractivity contribution in [2.45, 2.75) is 26.4 Å². The van der Waals surface area contributed by atoms with Crippen molar-refractivity contribution in [3.8, 4) is 5.75 Å². The van der Waals surface area contributed by atoms with Crippen LogP contribution in [0.15, 0.2) is 36.0 Å². The number of aliphatic hydroxyl groups is 1. The molecule has 0 bridgehead atoms. The molecule has 0 amide bonds. The summed E-state index contributed by atoms with van der Waals surface area (Å²) in [6.45, 7) is 6.22. The third-order valence-electron chi connectivity index (χ3n) is 3.34. The molecular formula is C15H18INO2S. The van der Waals surface area contributed by atoms with Gasteiger partial charge in [0.25, 0.3) is 0 Å². The van der Waals surface area contributed by atoms with Crippen LogP contribution in [0, 0.1) is 8.99 Å². The molecule has 1 atom stereocenters. The highest BCUT2D eigenvalue weighted by Crippen LogP contribution is 2.41. The van der Waals surface area contributed by atoms with Crippen molar-refractivity contribution in [3.05, 3.63) is 44.4 Å². The molecule has 0 spiro atoms. The first-order valence-corrected chi connectivity index (χ1v) is 8.28. The van der Waals surface area contributed by atoms with Gasteiger partial charge in [-0.1, -0.05) is 20.8 Å². The van der Waals surface area contributed by atoms with Gasteiger partial charge in [-0.3, -0.25) is 4.98 Å². The first kappa shape index (κ1) is 15.7. The predicted molar refractivity (Wildman–Crippen MR) is 90.1 cm³/mol. The summed E-state index contributed by atoms with van der Waals surface area (Å²) in [4.78, 5) is 4.90. The molecule has 2 aromatic rings. The summed E-state index contributed by atoms with van der Waals surface area (Å²) in [6, 6.07) is 7.80. The van der Waals surface area contributed by atoms with Gasteiger partial charge in [-0.2, -0.15) is 0 Å². The van der Waals surface area contributed by atoms with E-state index in [0.29, 0.717) is 0 Å². The third kappa shape index (κ3) is 3.32. The highest BCUT2D eigenvalue weighted by atomic mass is 127. The lowest BCUT2D eigenvalue weighted by molar-refractivity contribution is -0.0918. The number of rotatable bonds is 4. The van der Waals surface area contributed by atoms with Gasteiger partial charge in [0.15, 0.2) is 0 Å². The van der Waals surface area contributed by atoms with Crippen molar-refractivity contribution in [2.75, 3.05) is 6.61 Å². The zero-order valence-corrected chi connectivity index (χ0v) is 14.7. The molecule has 20 heavy (non-hydrogen) atoms. The number of hydrogen-bond donors (Lipinski definition) is 1. The van der Waals surface area contributed by atoms with Crippen LogP contribution in [-0.2, 0) is 5.60 Å². The number of nitrogens with zero attached hydrogens (tertiary/aromatic N) is 1. The van der Waals surface area contributed by atoms with E-state index in [-0.39, 0.29) is 12.0 Å². The summed E-state index contributed by atoms with van der Waals surface area (Å²) >= 11 is 3.70. The standard InChI is InChI=1S/C15H18INO2S/c1-14(2,3)15(18,13-8-17-10-20-13)9-19-12-6-4-11(16)5-7-12/h4-8,10,18H,9H2,1-3H3. The zero-order chi connectivity index (χ0) is 14.8. The van der Waals surface area contributed by atoms with Crippen LogP contribution < -0.4 is 4.74 Å². The minimum absolute atomic E-state index is 0.208. The quantitative estimate of drug-likeness (QED) is 0.783. The molecule has 0 aliphatic heterocycles. The molecule has 0 saturated carbocycles. The molecular weight excluding hydrogens is 385 g/mol. The van der Waals surface area contributed by atoms with Crippen LogP contribution in [0.2, 0.25) is 0 Å². The number of hydrogen-bond acceptors (Lipinski definition) is 4. The molecule has 1 N–H and O–H groups in total. The minimum atomic E-state index is -1.06. The van der Waals surface area contributed by atoms with Crippen molar-refractivity contribution in [1.82, 2.24) is 4.98 Å². The number of ether oxygens (including phenoxy) is 1. The summed E-state index contributed by atoms with van der Waals surface area (Å²) in [5.74, 6) is 0.762. The second kappa shape index (κ2) is 5.99. The van der Waals surface area contributed by atoms with E-state index in [4.69, 9.17) is 4.74 Å². The van der Waals surface area contributed by atoms with Crippen LogP contribution in [0.5, 0.6) is 5.75 Å². The monoisotopic (exact) mass is 403 g/mol. The molecule has 1 heterocycles. The van der Waals surface area contributed by atoms with E-state index >= 15 is 0 Å². The normalized spacial score (nSPS) is 14.8. The second-order valence-electron chi connectivity index (χ2n) is 5.72. The first-order chi connectivity index (χ1) is 9.33. The Morgan fingerprint density at radius 2 is 1.90 bits per heavy atom. The first-order valence-electron chi connectivity index (χ1n) is 6.33. The zero-order valence-electron chi connectivity index (χ0n) is 11.8. The summed E-state index contributed by atoms with van der Waals surface area (Å²) in [7, 11) is 0. The lowest BCUT2D eigenvalue weighted by Gasteiger charge is -2.38. The van der Waals surface area contributed by atoms with Crippen molar-refractivity contribution < 1.29 is 9.84 Å². The van der Waals surface area contributed by atoms with Crippen LogP contribution in [0.1, 0.15) is 25.6 Å². The number of benzene rings is 1. The summed E-state index contributed by atoms with van der Waals surface area (Å²) in [5.41, 5.74) is 0.330. The van der Waals surface area contributed by atoms with Gasteiger partial charge in [0.05, 0.1) is 10.4 Å². The summed E-state index contributed by atoms with van der Waals surface area (Å²) < 4.78 is 6.96. The molecule has 1 aromatic carbocycles. The molecule has 1 aromatic heterocycles. The number of thiazole rings is 1. The van der Waals surface area contributed by atoms with E-state index in [1.54, 1.807) is 11.7 Å². The molecule has 108 valence electrons. The minimum Gasteiger partial charge on any atom is -0.490 e. The Morgan fingerprint density at radius 3 is 2.40 bits per heavy atom. The fourth-order valence-electron chi connectivity index (χ4n) is 1.80. The largest absolute Gasteiger partial charge is 0.490 e. The Balaban J connectivity index is 2.20. The molecule has 0 radical (unpaired) electrons. The Hall–Kier alpha value is -0.660. The molecule has 1 unspecified atom stereocenters. The Morgan fingerprint density at radius 1 is 1.25 bits per heavy atom. The Bertz CT molecular complexity index is 548. The fraction of sp³-hybridized carbons (Fsp3) is 0.400. The average Bonchev–Trinajstić information content (AvgIpc) is 2.90. The van der Waals surface area contributed by atoms with Gasteiger partial charge < -0.3 is 9.84 Å². The van der Waals surface area contributed by atoms with Gasteiger partial charge in [-0.25, -0.2) is 0 Å². The van der Waals surface area contributed by atoms with E-state index in [1.165, 1.54) is 11.3 Å². The highest BCUT2D eigenvalue weighted by molar-refractivity contribution is 14.1. The fourth-order valence-corrected chi connectivity index (χ4v) is 3.07. The maximum atomic E-state index is 11.1. The van der Waals surface area contributed by atoms with E-state index in [1.807, 2.05) is 45.0 Å². The van der Waals surface area contributed by atoms with Crippen LogP contribution in [0.4, 0.5) is 0 Å². The van der Waals surface area contributed by atoms with Crippen molar-refractivity contribution in [2.24, 2.45) is 5.41 Å². The maximum Gasteiger partial charge on any atom is 0.139 e. The van der Waals surface area contributed by atoms with Crippen LogP contribution in [0.3, 0.4) is 0 Å². The van der Waals surface area contributed by atoms with Gasteiger partial charge in [0.1, 0.15) is 18.0 Å². The van der Waals surface area contributed by atoms with E-state index < -0.39 is 5.60 Å². The lowest BCUT2D eigenvalue weighted by Crippen LogP contribution is -2.44. The van der Waals surface area contributed by atoms with Crippen molar-refractivity contribution in [1.29, 1.82) is 0 Å². The molecule has 0 fully saturated rings. The van der Waals surface area contributed by atoms with E-state index in [2.05, 4.69) is 27.6 Å². The van der Waals surface area contributed by atoms with Crippen LogP contribution >= 0.6 is 33.9 Å². The van der Waals surface area contributed by atoms with Crippen LogP contribution in [-0.4, -0.2) is 16.7 Å². The number of halogens is 1. The lowest BCUT2D eigenvalue weighted by atomic mass is 9.76. The van der Waals surface area contributed by atoms with Gasteiger partial charge in [0.2, 0.25) is 0 Å². The van der Waals surface area contributed by atoms with Gasteiger partial charge in [-0.05, 0) is 52.3 Å². The SMILES string of the molecule is CC(C)(C)C(O)(COc1ccc(I)cc1)c1cncs1. The predicted octanol–water partition coefficient (Wildman–Crippen LogP) is 4.06. The smallest absolute Gasteiger partial charge is 0.139 e. The molecule has 3 nitrogen and oxygen atoms in total. The van der Waals surface area contributed by atoms with E-state index in [0.717, 1.165) is 14.2 Å². The second-order valence-corrected chi connectivity index (χ2v) is 7.85. The van der Waals surface area contributed by atoms with Crippen molar-refractivity contribution in [3.63, 3.8) is 0 Å². The van der Waals surface area contributed by atoms with Crippen LogP contribution in [0.25, 0.3) is 0 Å². The summed E-state index contributed by atoms with van der Waals surface area (Å²) in [6.07, 6.45) is 1.72. The maximum absolute atomic E-state index is 11.1. The molecule has 0 aliphatic carbocycles. The van der Waals surface area contributed by atoms with Gasteiger partial charge >= 0.3 is 0 Å².